The monoisotopic (exact) mass is 857 g/mol. The fourth-order valence-electron chi connectivity index (χ4n) is 5.41. The van der Waals surface area contributed by atoms with Crippen LogP contribution in [-0.4, -0.2) is 93.7 Å². The molecular formula is C39H41F2N13O4S2. The minimum Gasteiger partial charge on any atom is -0.382 e. The van der Waals surface area contributed by atoms with E-state index in [1.165, 1.54) is 23.2 Å². The van der Waals surface area contributed by atoms with Crippen LogP contribution in [0.3, 0.4) is 0 Å². The van der Waals surface area contributed by atoms with Gasteiger partial charge >= 0.3 is 0 Å². The Bertz CT molecular complexity index is 2980. The van der Waals surface area contributed by atoms with Crippen LogP contribution in [0.1, 0.15) is 24.2 Å². The molecule has 0 saturated carbocycles. The van der Waals surface area contributed by atoms with E-state index in [1.54, 1.807) is 103 Å². The lowest BCUT2D eigenvalue weighted by Gasteiger charge is -2.04. The summed E-state index contributed by atoms with van der Waals surface area (Å²) in [4.78, 5) is 17.9. The summed E-state index contributed by atoms with van der Waals surface area (Å²) in [6, 6.07) is 21.6. The quantitative estimate of drug-likeness (QED) is 0.102. The smallest absolute Gasteiger partial charge is 0.187 e. The van der Waals surface area contributed by atoms with Crippen molar-refractivity contribution in [2.24, 2.45) is 5.73 Å². The third-order valence-electron chi connectivity index (χ3n) is 8.10. The number of nitrogen functional groups attached to an aromatic ring is 2. The van der Waals surface area contributed by atoms with E-state index in [0.29, 0.717) is 44.6 Å². The van der Waals surface area contributed by atoms with Crippen LogP contribution in [0, 0.1) is 28.4 Å². The van der Waals surface area contributed by atoms with Crippen LogP contribution in [0.5, 0.6) is 0 Å². The molecule has 7 aromatic rings. The Labute approximate surface area is 345 Å². The Balaban J connectivity index is 0.000000217. The number of nitrogens with zero attached hydrogens (tertiary/aromatic N) is 10. The molecule has 0 aliphatic rings. The van der Waals surface area contributed by atoms with Gasteiger partial charge in [-0.05, 0) is 36.4 Å². The van der Waals surface area contributed by atoms with E-state index in [1.807, 2.05) is 0 Å². The molecule has 0 aliphatic heterocycles. The van der Waals surface area contributed by atoms with Gasteiger partial charge in [0.25, 0.3) is 0 Å². The van der Waals surface area contributed by atoms with Gasteiger partial charge < -0.3 is 16.4 Å². The second-order valence-electron chi connectivity index (χ2n) is 12.9. The number of nitriles is 1. The molecule has 5 aromatic heterocycles. The summed E-state index contributed by atoms with van der Waals surface area (Å²) in [5, 5.41) is 26.0. The number of amidine groups is 1. The van der Waals surface area contributed by atoms with Crippen LogP contribution < -0.4 is 11.5 Å². The first-order valence-electron chi connectivity index (χ1n) is 17.1. The van der Waals surface area contributed by atoms with Crippen LogP contribution in [-0.2, 0) is 32.8 Å². The Morgan fingerprint density at radius 1 is 0.833 bits per heavy atom. The normalized spacial score (nSPS) is 11.4. The summed E-state index contributed by atoms with van der Waals surface area (Å²) in [6.45, 7) is 0.407. The van der Waals surface area contributed by atoms with Crippen molar-refractivity contribution in [3.8, 4) is 17.6 Å². The van der Waals surface area contributed by atoms with Crippen molar-refractivity contribution in [3.05, 3.63) is 131 Å². The number of aromatic nitrogens is 8. The number of halogens is 2. The zero-order valence-corrected chi connectivity index (χ0v) is 33.6. The van der Waals surface area contributed by atoms with E-state index in [4.69, 9.17) is 22.1 Å². The van der Waals surface area contributed by atoms with Crippen molar-refractivity contribution in [3.63, 3.8) is 0 Å². The number of nitrogens with two attached hydrogens (primary N) is 2. The zero-order chi connectivity index (χ0) is 43.1. The molecule has 60 heavy (non-hydrogen) atoms. The predicted molar refractivity (Wildman–Crippen MR) is 225 cm³/mol. The molecule has 312 valence electrons. The lowest BCUT2D eigenvalue weighted by atomic mass is 10.2. The molecule has 0 saturated heterocycles. The van der Waals surface area contributed by atoms with Gasteiger partial charge in [0.05, 0.1) is 30.1 Å². The van der Waals surface area contributed by atoms with E-state index >= 15 is 0 Å². The first-order chi connectivity index (χ1) is 27.9. The van der Waals surface area contributed by atoms with Crippen molar-refractivity contribution in [2.45, 2.75) is 25.4 Å². The number of fused-ring (bicyclic) bond motifs is 2. The number of pyridine rings is 2. The maximum atomic E-state index is 14.1. The fraction of sp³-hybridized carbons (Fsp3) is 0.179. The SMILES string of the molecule is C.CN(C)/C=C(/C#N)S(C)(=O)=O.CS(=O)(=O)c1cnc(-c2nn(Cc3ccccc3F)c3ncccc23)nc1N.N=C(N)c1nn(Cc2ccccc2F)c2ncccc12. The van der Waals surface area contributed by atoms with Crippen LogP contribution in [0.15, 0.2) is 107 Å². The van der Waals surface area contributed by atoms with Crippen molar-refractivity contribution >= 4 is 53.4 Å². The number of rotatable bonds is 9. The highest BCUT2D eigenvalue weighted by Gasteiger charge is 2.20. The van der Waals surface area contributed by atoms with Gasteiger partial charge in [-0.1, -0.05) is 43.8 Å². The highest BCUT2D eigenvalue weighted by atomic mass is 32.2. The predicted octanol–water partition coefficient (Wildman–Crippen LogP) is 4.56. The van der Waals surface area contributed by atoms with E-state index in [2.05, 4.69) is 30.1 Å². The Hall–Kier alpha value is -7.18. The third-order valence-corrected chi connectivity index (χ3v) is 10.2. The summed E-state index contributed by atoms with van der Waals surface area (Å²) in [5.41, 5.74) is 14.2. The zero-order valence-electron chi connectivity index (χ0n) is 32.0. The molecule has 0 amide bonds. The largest absolute Gasteiger partial charge is 0.382 e. The number of hydrogen-bond acceptors (Lipinski definition) is 14. The van der Waals surface area contributed by atoms with Gasteiger partial charge in [-0.3, -0.25) is 5.41 Å². The van der Waals surface area contributed by atoms with Gasteiger partial charge in [-0.2, -0.15) is 15.5 Å². The average Bonchev–Trinajstić information content (AvgIpc) is 3.74. The Morgan fingerprint density at radius 3 is 1.80 bits per heavy atom. The maximum Gasteiger partial charge on any atom is 0.187 e. The lowest BCUT2D eigenvalue weighted by molar-refractivity contribution is 0.559. The van der Waals surface area contributed by atoms with E-state index in [-0.39, 0.29) is 59.4 Å². The van der Waals surface area contributed by atoms with Crippen LogP contribution in [0.25, 0.3) is 33.6 Å². The number of sulfone groups is 2. The molecule has 0 radical (unpaired) electrons. The van der Waals surface area contributed by atoms with Gasteiger partial charge in [0.2, 0.25) is 0 Å². The van der Waals surface area contributed by atoms with Gasteiger partial charge in [0.15, 0.2) is 41.7 Å². The average molecular weight is 858 g/mol. The van der Waals surface area contributed by atoms with Crippen molar-refractivity contribution in [1.82, 2.24) is 44.4 Å². The molecule has 7 rings (SSSR count). The summed E-state index contributed by atoms with van der Waals surface area (Å²) in [6.07, 6.45) is 7.70. The molecule has 0 fully saturated rings. The van der Waals surface area contributed by atoms with Crippen LogP contribution >= 0.6 is 0 Å². The molecule has 0 atom stereocenters. The second-order valence-corrected chi connectivity index (χ2v) is 16.9. The molecule has 5 N–H and O–H groups in total. The fourth-order valence-corrected chi connectivity index (χ4v) is 6.64. The van der Waals surface area contributed by atoms with E-state index < -0.39 is 19.7 Å². The number of anilines is 1. The van der Waals surface area contributed by atoms with Gasteiger partial charge in [0, 0.05) is 56.3 Å². The summed E-state index contributed by atoms with van der Waals surface area (Å²) in [5.74, 6) is -0.767. The van der Waals surface area contributed by atoms with Crippen molar-refractivity contribution in [2.75, 3.05) is 32.3 Å². The molecule has 0 bridgehead atoms. The van der Waals surface area contributed by atoms with Crippen molar-refractivity contribution in [1.29, 1.82) is 10.7 Å². The van der Waals surface area contributed by atoms with Crippen LogP contribution in [0.2, 0.25) is 0 Å². The summed E-state index contributed by atoms with van der Waals surface area (Å²) >= 11 is 0. The molecule has 21 heteroatoms. The topological polar surface area (TPSA) is 258 Å². The first-order valence-corrected chi connectivity index (χ1v) is 20.9. The maximum absolute atomic E-state index is 14.1. The second kappa shape index (κ2) is 19.0. The molecule has 0 spiro atoms. The molecule has 2 aromatic carbocycles. The standard InChI is InChI=1S/C18H15FN6O2S.C14H12FN5.C6H10N2O2S.CH4/c1-28(26,27)14-9-22-17(23-16(14)20)15-12-6-4-8-21-18(12)25(24-15)10-11-5-2-3-7-13(11)19;15-11-6-2-1-4-9(11)8-20-14-10(5-3-7-18-14)12(19-20)13(16)17;1-8(2)5-6(4-7)11(3,9)10;/h2-9H,10H2,1H3,(H2,20,22,23);1-7H,8H2,(H3,16,17);5H,1-3H3;1H4/b;;6-5-;. The molecule has 0 unspecified atom stereocenters. The molecular weight excluding hydrogens is 817 g/mol. The third kappa shape index (κ3) is 10.9. The minimum absolute atomic E-state index is 0. The van der Waals surface area contributed by atoms with Crippen LogP contribution in [0.4, 0.5) is 14.6 Å². The molecule has 5 heterocycles. The lowest BCUT2D eigenvalue weighted by Crippen LogP contribution is -2.13. The first kappa shape index (κ1) is 45.5. The number of hydrogen-bond donors (Lipinski definition) is 3. The highest BCUT2D eigenvalue weighted by molar-refractivity contribution is 7.94. The van der Waals surface area contributed by atoms with Gasteiger partial charge in [-0.15, -0.1) is 0 Å². The molecule has 0 aliphatic carbocycles. The minimum atomic E-state index is -3.54. The Morgan fingerprint density at radius 2 is 1.35 bits per heavy atom. The van der Waals surface area contributed by atoms with Crippen molar-refractivity contribution < 1.29 is 25.6 Å². The summed E-state index contributed by atoms with van der Waals surface area (Å²) < 4.78 is 75.9. The number of allylic oxidation sites excluding steroid dienone is 1. The van der Waals surface area contributed by atoms with Gasteiger partial charge in [-0.25, -0.2) is 54.9 Å². The van der Waals surface area contributed by atoms with Gasteiger partial charge in [0.1, 0.15) is 45.6 Å². The summed E-state index contributed by atoms with van der Waals surface area (Å²) in [7, 11) is -3.59. The van der Waals surface area contributed by atoms with E-state index in [9.17, 15) is 25.6 Å². The highest BCUT2D eigenvalue weighted by Crippen LogP contribution is 2.27. The number of nitrogens with one attached hydrogen (secondary N) is 1. The Kier molecular flexibility index (Phi) is 14.5. The van der Waals surface area contributed by atoms with E-state index in [0.717, 1.165) is 18.7 Å². The number of benzene rings is 2. The molecule has 17 nitrogen and oxygen atoms in total.